The number of phenolic OH excluding ortho intramolecular Hbond substituents is 1. The fourth-order valence-corrected chi connectivity index (χ4v) is 1.57. The van der Waals surface area contributed by atoms with Gasteiger partial charge in [0, 0.05) is 18.5 Å². The van der Waals surface area contributed by atoms with Gasteiger partial charge in [-0.2, -0.15) is 0 Å². The normalized spacial score (nSPS) is 15.6. The van der Waals surface area contributed by atoms with Gasteiger partial charge in [0.05, 0.1) is 5.60 Å². The lowest BCUT2D eigenvalue weighted by molar-refractivity contribution is 0.0534. The van der Waals surface area contributed by atoms with Crippen molar-refractivity contribution in [1.29, 1.82) is 0 Å². The van der Waals surface area contributed by atoms with Gasteiger partial charge in [-0.3, -0.25) is 0 Å². The van der Waals surface area contributed by atoms with Crippen LogP contribution < -0.4 is 5.32 Å². The summed E-state index contributed by atoms with van der Waals surface area (Å²) in [6, 6.07) is 6.95. The third kappa shape index (κ3) is 5.71. The Morgan fingerprint density at radius 3 is 2.06 bits per heavy atom. The summed E-state index contributed by atoms with van der Waals surface area (Å²) in [6.45, 7) is 8.58. The first-order valence-corrected chi connectivity index (χ1v) is 5.93. The highest BCUT2D eigenvalue weighted by atomic mass is 16.3. The van der Waals surface area contributed by atoms with Gasteiger partial charge in [0.15, 0.2) is 0 Å². The van der Waals surface area contributed by atoms with Gasteiger partial charge in [-0.25, -0.2) is 0 Å². The zero-order valence-electron chi connectivity index (χ0n) is 11.1. The summed E-state index contributed by atoms with van der Waals surface area (Å²) in [5, 5.41) is 22.8. The fourth-order valence-electron chi connectivity index (χ4n) is 1.57. The molecule has 1 rings (SSSR count). The van der Waals surface area contributed by atoms with Crippen LogP contribution in [0.5, 0.6) is 5.75 Å². The van der Waals surface area contributed by atoms with Gasteiger partial charge in [-0.15, -0.1) is 0 Å². The third-order valence-electron chi connectivity index (χ3n) is 2.52. The van der Waals surface area contributed by atoms with Crippen molar-refractivity contribution in [3.05, 3.63) is 29.8 Å². The number of aliphatic hydroxyl groups is 1. The average molecular weight is 237 g/mol. The highest BCUT2D eigenvalue weighted by molar-refractivity contribution is 5.26. The van der Waals surface area contributed by atoms with Crippen LogP contribution in [0.2, 0.25) is 0 Å². The molecule has 0 aliphatic carbocycles. The first kappa shape index (κ1) is 14.0. The molecule has 3 nitrogen and oxygen atoms in total. The van der Waals surface area contributed by atoms with Crippen LogP contribution in [-0.2, 0) is 6.42 Å². The predicted octanol–water partition coefficient (Wildman–Crippen LogP) is 2.07. The molecule has 3 N–H and O–H groups in total. The summed E-state index contributed by atoms with van der Waals surface area (Å²) in [6.07, 6.45) is 0.566. The molecule has 0 radical (unpaired) electrons. The number of aromatic hydroxyl groups is 1. The molecule has 0 saturated carbocycles. The molecule has 17 heavy (non-hydrogen) atoms. The van der Waals surface area contributed by atoms with Crippen LogP contribution in [0.15, 0.2) is 24.3 Å². The minimum Gasteiger partial charge on any atom is -0.508 e. The van der Waals surface area contributed by atoms with E-state index in [-0.39, 0.29) is 11.3 Å². The van der Waals surface area contributed by atoms with Gasteiger partial charge in [-0.1, -0.05) is 12.1 Å². The van der Waals surface area contributed by atoms with Crippen LogP contribution in [0.25, 0.3) is 0 Å². The van der Waals surface area contributed by atoms with Crippen LogP contribution in [-0.4, -0.2) is 27.9 Å². The Bertz CT molecular complexity index is 349. The van der Waals surface area contributed by atoms with Crippen LogP contribution in [0.1, 0.15) is 33.3 Å². The van der Waals surface area contributed by atoms with Crippen LogP contribution in [0.4, 0.5) is 0 Å². The number of rotatable bonds is 4. The Hall–Kier alpha value is -1.06. The number of nitrogens with one attached hydrogen (secondary N) is 1. The lowest BCUT2D eigenvalue weighted by Crippen LogP contribution is -2.47. The zero-order chi connectivity index (χ0) is 13.1. The molecule has 0 bridgehead atoms. The molecule has 0 spiro atoms. The van der Waals surface area contributed by atoms with Gasteiger partial charge in [-0.05, 0) is 45.4 Å². The van der Waals surface area contributed by atoms with E-state index in [1.54, 1.807) is 12.1 Å². The minimum absolute atomic E-state index is 0.00105. The van der Waals surface area contributed by atoms with Gasteiger partial charge >= 0.3 is 0 Å². The minimum atomic E-state index is -0.787. The van der Waals surface area contributed by atoms with E-state index in [0.717, 1.165) is 5.56 Å². The molecule has 1 aromatic rings. The number of hydrogen-bond donors (Lipinski definition) is 3. The van der Waals surface area contributed by atoms with Gasteiger partial charge < -0.3 is 15.5 Å². The summed E-state index contributed by atoms with van der Waals surface area (Å²) >= 11 is 0. The summed E-state index contributed by atoms with van der Waals surface area (Å²) in [5.41, 5.74) is 0.229. The summed E-state index contributed by atoms with van der Waals surface area (Å²) < 4.78 is 0. The Morgan fingerprint density at radius 1 is 1.06 bits per heavy atom. The summed E-state index contributed by atoms with van der Waals surface area (Å²) in [7, 11) is 0. The van der Waals surface area contributed by atoms with E-state index in [1.165, 1.54) is 0 Å². The van der Waals surface area contributed by atoms with Gasteiger partial charge in [0.1, 0.15) is 5.75 Å². The second-order valence-corrected chi connectivity index (χ2v) is 5.94. The van der Waals surface area contributed by atoms with E-state index in [0.29, 0.717) is 13.0 Å². The molecule has 0 saturated heterocycles. The van der Waals surface area contributed by atoms with Gasteiger partial charge in [0.25, 0.3) is 0 Å². The zero-order valence-corrected chi connectivity index (χ0v) is 11.1. The van der Waals surface area contributed by atoms with Crippen molar-refractivity contribution in [2.24, 2.45) is 0 Å². The molecular weight excluding hydrogens is 214 g/mol. The van der Waals surface area contributed by atoms with Gasteiger partial charge in [0.2, 0.25) is 0 Å². The largest absolute Gasteiger partial charge is 0.508 e. The number of β-amino-alcohol motifs (C(OH)–C–C–N with tert-alkyl or cyclic N) is 1. The first-order chi connectivity index (χ1) is 7.68. The molecule has 1 unspecified atom stereocenters. The van der Waals surface area contributed by atoms with Crippen molar-refractivity contribution in [2.45, 2.75) is 45.3 Å². The van der Waals surface area contributed by atoms with E-state index in [9.17, 15) is 10.2 Å². The molecule has 0 aromatic heterocycles. The number of phenols is 1. The standard InChI is InChI=1S/C14H23NO2/c1-13(2,3)15-10-14(4,17)9-11-5-7-12(16)8-6-11/h5-8,15-17H,9-10H2,1-4H3. The number of benzene rings is 1. The molecule has 0 amide bonds. The van der Waals surface area contributed by atoms with Crippen LogP contribution >= 0.6 is 0 Å². The highest BCUT2D eigenvalue weighted by Crippen LogP contribution is 2.16. The maximum absolute atomic E-state index is 10.3. The monoisotopic (exact) mass is 237 g/mol. The second kappa shape index (κ2) is 5.07. The van der Waals surface area contributed by atoms with E-state index < -0.39 is 5.60 Å². The quantitative estimate of drug-likeness (QED) is 0.751. The van der Waals surface area contributed by atoms with E-state index in [2.05, 4.69) is 26.1 Å². The molecule has 0 aliphatic heterocycles. The van der Waals surface area contributed by atoms with Crippen molar-refractivity contribution in [3.63, 3.8) is 0 Å². The maximum atomic E-state index is 10.3. The molecule has 0 aliphatic rings. The Balaban J connectivity index is 2.57. The number of hydrogen-bond acceptors (Lipinski definition) is 3. The maximum Gasteiger partial charge on any atom is 0.115 e. The lowest BCUT2D eigenvalue weighted by atomic mass is 9.95. The molecule has 0 heterocycles. The Labute approximate surface area is 103 Å². The van der Waals surface area contributed by atoms with Crippen LogP contribution in [0, 0.1) is 0 Å². The van der Waals surface area contributed by atoms with Crippen molar-refractivity contribution in [1.82, 2.24) is 5.32 Å². The predicted molar refractivity (Wildman–Crippen MR) is 70.2 cm³/mol. The fraction of sp³-hybridized carbons (Fsp3) is 0.571. The Morgan fingerprint density at radius 2 is 1.59 bits per heavy atom. The second-order valence-electron chi connectivity index (χ2n) is 5.94. The summed E-state index contributed by atoms with van der Waals surface area (Å²) in [4.78, 5) is 0. The van der Waals surface area contributed by atoms with E-state index in [1.807, 2.05) is 19.1 Å². The average Bonchev–Trinajstić information content (AvgIpc) is 2.18. The lowest BCUT2D eigenvalue weighted by Gasteiger charge is -2.29. The SMILES string of the molecule is CC(O)(CNC(C)(C)C)Cc1ccc(O)cc1. The van der Waals surface area contributed by atoms with E-state index >= 15 is 0 Å². The Kier molecular flexibility index (Phi) is 4.17. The molecule has 0 fully saturated rings. The van der Waals surface area contributed by atoms with E-state index in [4.69, 9.17) is 0 Å². The summed E-state index contributed by atoms with van der Waals surface area (Å²) in [5.74, 6) is 0.251. The molecule has 1 aromatic carbocycles. The molecular formula is C14H23NO2. The molecule has 1 atom stereocenters. The first-order valence-electron chi connectivity index (χ1n) is 5.93. The van der Waals surface area contributed by atoms with Crippen molar-refractivity contribution >= 4 is 0 Å². The van der Waals surface area contributed by atoms with Crippen molar-refractivity contribution < 1.29 is 10.2 Å². The van der Waals surface area contributed by atoms with Crippen molar-refractivity contribution in [2.75, 3.05) is 6.54 Å². The molecule has 3 heteroatoms. The van der Waals surface area contributed by atoms with Crippen molar-refractivity contribution in [3.8, 4) is 5.75 Å². The highest BCUT2D eigenvalue weighted by Gasteiger charge is 2.23. The topological polar surface area (TPSA) is 52.5 Å². The third-order valence-corrected chi connectivity index (χ3v) is 2.52. The smallest absolute Gasteiger partial charge is 0.115 e. The van der Waals surface area contributed by atoms with Crippen LogP contribution in [0.3, 0.4) is 0 Å². The molecule has 96 valence electrons.